The van der Waals surface area contributed by atoms with Gasteiger partial charge in [0.05, 0.1) is 0 Å². The second-order valence-electron chi connectivity index (χ2n) is 10.1. The minimum Gasteiger partial charge on any atom is -0.465 e. The van der Waals surface area contributed by atoms with Crippen molar-refractivity contribution in [3.63, 3.8) is 0 Å². The van der Waals surface area contributed by atoms with Crippen molar-refractivity contribution in [1.29, 1.82) is 0 Å². The minimum absolute atomic E-state index is 0.0968. The molecule has 2 heterocycles. The van der Waals surface area contributed by atoms with Crippen molar-refractivity contribution in [1.82, 2.24) is 15.6 Å². The van der Waals surface area contributed by atoms with Gasteiger partial charge in [-0.05, 0) is 61.4 Å². The van der Waals surface area contributed by atoms with Crippen molar-refractivity contribution >= 4 is 39.7 Å². The molecule has 2 amide bonds. The number of rotatable bonds is 9. The maximum atomic E-state index is 13.5. The van der Waals surface area contributed by atoms with E-state index in [2.05, 4.69) is 22.0 Å². The summed E-state index contributed by atoms with van der Waals surface area (Å²) in [6.07, 6.45) is 12.9. The number of thiazole rings is 1. The Hall–Kier alpha value is -4.63. The standard InChI is InChI=1S/C32H30N4O4S/c1-20-12-13-23(30(37)34-24-14-15-24)16-25(20)35-32-36-28(27-19-39-18-26(40-27)22-10-6-3-7-11-22)29(41-32)31(38)33-17-21-8-4-2-5-9-21/h2-6,8-10,12-13,16,18-19,24H,7,11,14-15,17H2,1H3,(H,33,38)(H,34,37)(H,35,36). The molecule has 1 saturated carbocycles. The predicted octanol–water partition coefficient (Wildman–Crippen LogP) is 6.48. The van der Waals surface area contributed by atoms with Crippen LogP contribution in [-0.2, 0) is 16.0 Å². The van der Waals surface area contributed by atoms with E-state index in [1.165, 1.54) is 17.6 Å². The molecule has 3 aliphatic rings. The van der Waals surface area contributed by atoms with Crippen LogP contribution < -0.4 is 16.0 Å². The fourth-order valence-corrected chi connectivity index (χ4v) is 5.34. The number of anilines is 2. The van der Waals surface area contributed by atoms with E-state index in [9.17, 15) is 9.59 Å². The second kappa shape index (κ2) is 11.9. The van der Waals surface area contributed by atoms with Crippen LogP contribution in [0.15, 0.2) is 90.6 Å². The van der Waals surface area contributed by atoms with E-state index in [0.717, 1.165) is 48.1 Å². The fraction of sp³-hybridized carbons (Fsp3) is 0.219. The third-order valence-electron chi connectivity index (χ3n) is 6.92. The number of allylic oxidation sites excluding steroid dienone is 4. The molecule has 8 nitrogen and oxygen atoms in total. The first-order valence-electron chi connectivity index (χ1n) is 13.6. The van der Waals surface area contributed by atoms with Crippen LogP contribution in [0.4, 0.5) is 10.8 Å². The molecule has 3 N–H and O–H groups in total. The van der Waals surface area contributed by atoms with Gasteiger partial charge in [0.25, 0.3) is 11.8 Å². The topological polar surface area (TPSA) is 102 Å². The Labute approximate surface area is 242 Å². The van der Waals surface area contributed by atoms with Crippen LogP contribution in [0.25, 0.3) is 5.76 Å². The molecule has 9 heteroatoms. The molecule has 0 spiro atoms. The summed E-state index contributed by atoms with van der Waals surface area (Å²) in [4.78, 5) is 31.3. The number of nitrogens with one attached hydrogen (secondary N) is 3. The van der Waals surface area contributed by atoms with Crippen LogP contribution in [-0.4, -0.2) is 22.8 Å². The lowest BCUT2D eigenvalue weighted by Gasteiger charge is -2.19. The predicted molar refractivity (Wildman–Crippen MR) is 159 cm³/mol. The lowest BCUT2D eigenvalue weighted by molar-refractivity contribution is 0.0944. The van der Waals surface area contributed by atoms with E-state index in [0.29, 0.717) is 39.3 Å². The van der Waals surface area contributed by atoms with Crippen LogP contribution >= 0.6 is 11.3 Å². The zero-order valence-electron chi connectivity index (χ0n) is 22.6. The number of hydrogen-bond acceptors (Lipinski definition) is 7. The zero-order chi connectivity index (χ0) is 28.2. The molecule has 0 bridgehead atoms. The van der Waals surface area contributed by atoms with Gasteiger partial charge in [-0.1, -0.05) is 66.0 Å². The summed E-state index contributed by atoms with van der Waals surface area (Å²) in [6, 6.07) is 15.5. The normalized spacial score (nSPS) is 16.0. The van der Waals surface area contributed by atoms with Gasteiger partial charge in [-0.25, -0.2) is 4.98 Å². The summed E-state index contributed by atoms with van der Waals surface area (Å²) in [7, 11) is 0. The quantitative estimate of drug-likeness (QED) is 0.274. The SMILES string of the molecule is Cc1ccc(C(=O)NC2CC2)cc1Nc1nc(C2=COC=C(C3=CC=CCC3)O2)c(C(=O)NCc2ccccc2)s1. The van der Waals surface area contributed by atoms with Gasteiger partial charge in [0.15, 0.2) is 16.6 Å². The smallest absolute Gasteiger partial charge is 0.264 e. The number of ether oxygens (including phenoxy) is 2. The first-order chi connectivity index (χ1) is 20.0. The molecule has 0 radical (unpaired) electrons. The number of amides is 2. The van der Waals surface area contributed by atoms with Crippen LogP contribution in [0, 0.1) is 6.92 Å². The van der Waals surface area contributed by atoms with E-state index in [1.54, 1.807) is 6.26 Å². The van der Waals surface area contributed by atoms with E-state index in [4.69, 9.17) is 14.5 Å². The highest BCUT2D eigenvalue weighted by Gasteiger charge is 2.27. The molecular formula is C32H30N4O4S. The van der Waals surface area contributed by atoms with Gasteiger partial charge >= 0.3 is 0 Å². The summed E-state index contributed by atoms with van der Waals surface area (Å²) in [5.41, 5.74) is 4.62. The molecule has 1 fully saturated rings. The highest BCUT2D eigenvalue weighted by Crippen LogP contribution is 2.36. The number of carbonyl (C=O) groups is 2. The average Bonchev–Trinajstić information content (AvgIpc) is 3.73. The maximum absolute atomic E-state index is 13.5. The molecule has 41 heavy (non-hydrogen) atoms. The van der Waals surface area contributed by atoms with Crippen LogP contribution in [0.3, 0.4) is 0 Å². The Morgan fingerprint density at radius 1 is 1.05 bits per heavy atom. The van der Waals surface area contributed by atoms with E-state index >= 15 is 0 Å². The first kappa shape index (κ1) is 26.6. The maximum Gasteiger partial charge on any atom is 0.264 e. The summed E-state index contributed by atoms with van der Waals surface area (Å²) in [5.74, 6) is 0.571. The zero-order valence-corrected chi connectivity index (χ0v) is 23.4. The molecule has 6 rings (SSSR count). The monoisotopic (exact) mass is 566 g/mol. The molecule has 208 valence electrons. The lowest BCUT2D eigenvalue weighted by atomic mass is 10.0. The highest BCUT2D eigenvalue weighted by molar-refractivity contribution is 7.17. The van der Waals surface area contributed by atoms with E-state index in [1.807, 2.05) is 67.6 Å². The van der Waals surface area contributed by atoms with Gasteiger partial charge in [-0.3, -0.25) is 9.59 Å². The Morgan fingerprint density at radius 3 is 2.66 bits per heavy atom. The number of benzene rings is 2. The summed E-state index contributed by atoms with van der Waals surface area (Å²) >= 11 is 1.22. The molecule has 3 aromatic rings. The molecular weight excluding hydrogens is 536 g/mol. The van der Waals surface area contributed by atoms with Crippen molar-refractivity contribution < 1.29 is 19.1 Å². The molecule has 1 aromatic heterocycles. The van der Waals surface area contributed by atoms with Gasteiger partial charge in [-0.15, -0.1) is 0 Å². The Balaban J connectivity index is 1.27. The Kier molecular flexibility index (Phi) is 7.69. The number of nitrogens with zero attached hydrogens (tertiary/aromatic N) is 1. The number of aromatic nitrogens is 1. The van der Waals surface area contributed by atoms with Crippen molar-refractivity contribution in [2.24, 2.45) is 0 Å². The van der Waals surface area contributed by atoms with E-state index in [-0.39, 0.29) is 17.9 Å². The molecule has 0 saturated heterocycles. The average molecular weight is 567 g/mol. The third-order valence-corrected chi connectivity index (χ3v) is 7.89. The summed E-state index contributed by atoms with van der Waals surface area (Å²) < 4.78 is 11.9. The summed E-state index contributed by atoms with van der Waals surface area (Å²) in [5, 5.41) is 9.85. The van der Waals surface area contributed by atoms with Gasteiger partial charge < -0.3 is 25.4 Å². The fourth-order valence-electron chi connectivity index (χ4n) is 4.44. The van der Waals surface area contributed by atoms with Crippen molar-refractivity contribution in [2.45, 2.75) is 45.2 Å². The van der Waals surface area contributed by atoms with Gasteiger partial charge in [0.1, 0.15) is 23.1 Å². The third kappa shape index (κ3) is 6.41. The van der Waals surface area contributed by atoms with E-state index < -0.39 is 0 Å². The minimum atomic E-state index is -0.274. The molecule has 0 unspecified atom stereocenters. The molecule has 2 aliphatic carbocycles. The lowest BCUT2D eigenvalue weighted by Crippen LogP contribution is -2.25. The van der Waals surface area contributed by atoms with Crippen LogP contribution in [0.1, 0.15) is 62.5 Å². The first-order valence-corrected chi connectivity index (χ1v) is 14.5. The van der Waals surface area contributed by atoms with Crippen molar-refractivity contribution in [3.8, 4) is 0 Å². The van der Waals surface area contributed by atoms with Gasteiger partial charge in [-0.2, -0.15) is 0 Å². The van der Waals surface area contributed by atoms with Gasteiger partial charge in [0.2, 0.25) is 0 Å². The van der Waals surface area contributed by atoms with Gasteiger partial charge in [0, 0.05) is 23.8 Å². The molecule has 1 aliphatic heterocycles. The second-order valence-corrected chi connectivity index (χ2v) is 11.1. The Bertz CT molecular complexity index is 1600. The molecule has 0 atom stereocenters. The van der Waals surface area contributed by atoms with Crippen molar-refractivity contribution in [3.05, 3.63) is 118 Å². The molecule has 2 aromatic carbocycles. The highest BCUT2D eigenvalue weighted by atomic mass is 32.1. The number of carbonyl (C=O) groups excluding carboxylic acids is 2. The van der Waals surface area contributed by atoms with Crippen LogP contribution in [0.5, 0.6) is 0 Å². The number of hydrogen-bond donors (Lipinski definition) is 3. The Morgan fingerprint density at radius 2 is 1.88 bits per heavy atom. The van der Waals surface area contributed by atoms with Crippen LogP contribution in [0.2, 0.25) is 0 Å². The largest absolute Gasteiger partial charge is 0.465 e. The van der Waals surface area contributed by atoms with Crippen molar-refractivity contribution in [2.75, 3.05) is 5.32 Å². The summed E-state index contributed by atoms with van der Waals surface area (Å²) in [6.45, 7) is 2.33. The number of aryl methyl sites for hydroxylation is 1.